The SMILES string of the molecule is C=CCn1nc(C(=O)COC)c2c1-c1ccncc1CC2. The summed E-state index contributed by atoms with van der Waals surface area (Å²) in [5.74, 6) is -0.0749. The lowest BCUT2D eigenvalue weighted by Gasteiger charge is -2.17. The van der Waals surface area contributed by atoms with Gasteiger partial charge >= 0.3 is 0 Å². The number of allylic oxidation sites excluding steroid dienone is 1. The van der Waals surface area contributed by atoms with E-state index in [1.54, 1.807) is 12.3 Å². The predicted octanol–water partition coefficient (Wildman–Crippen LogP) is 2.06. The topological polar surface area (TPSA) is 57.0 Å². The molecule has 0 bridgehead atoms. The molecule has 0 fully saturated rings. The van der Waals surface area contributed by atoms with E-state index in [0.29, 0.717) is 12.2 Å². The van der Waals surface area contributed by atoms with Gasteiger partial charge in [-0.05, 0) is 24.5 Å². The third-order valence-corrected chi connectivity index (χ3v) is 3.70. The number of nitrogens with zero attached hydrogens (tertiary/aromatic N) is 3. The van der Waals surface area contributed by atoms with Crippen molar-refractivity contribution >= 4 is 5.78 Å². The number of Topliss-reactive ketones (excluding diaryl/α,β-unsaturated/α-hetero) is 1. The van der Waals surface area contributed by atoms with E-state index >= 15 is 0 Å². The molecule has 2 aromatic rings. The van der Waals surface area contributed by atoms with Crippen molar-refractivity contribution in [3.05, 3.63) is 47.9 Å². The maximum absolute atomic E-state index is 12.2. The van der Waals surface area contributed by atoms with Crippen molar-refractivity contribution < 1.29 is 9.53 Å². The highest BCUT2D eigenvalue weighted by atomic mass is 16.5. The summed E-state index contributed by atoms with van der Waals surface area (Å²) in [6.45, 7) is 4.40. The van der Waals surface area contributed by atoms with E-state index in [1.807, 2.05) is 16.9 Å². The fraction of sp³-hybridized carbons (Fsp3) is 0.312. The van der Waals surface area contributed by atoms with E-state index < -0.39 is 0 Å². The Morgan fingerprint density at radius 2 is 2.38 bits per heavy atom. The second-order valence-electron chi connectivity index (χ2n) is 5.04. The van der Waals surface area contributed by atoms with Crippen LogP contribution in [0.1, 0.15) is 21.6 Å². The largest absolute Gasteiger partial charge is 0.376 e. The lowest BCUT2D eigenvalue weighted by molar-refractivity contribution is 0.0841. The van der Waals surface area contributed by atoms with Crippen LogP contribution in [-0.2, 0) is 24.1 Å². The number of aromatic nitrogens is 3. The van der Waals surface area contributed by atoms with Gasteiger partial charge in [0.15, 0.2) is 0 Å². The number of hydrogen-bond acceptors (Lipinski definition) is 4. The maximum Gasteiger partial charge on any atom is 0.208 e. The molecule has 1 aliphatic carbocycles. The van der Waals surface area contributed by atoms with Crippen LogP contribution < -0.4 is 0 Å². The number of carbonyl (C=O) groups is 1. The summed E-state index contributed by atoms with van der Waals surface area (Å²) in [6, 6.07) is 1.99. The molecule has 0 aliphatic heterocycles. The van der Waals surface area contributed by atoms with Gasteiger partial charge in [0.25, 0.3) is 0 Å². The van der Waals surface area contributed by atoms with Gasteiger partial charge in [-0.1, -0.05) is 6.08 Å². The highest BCUT2D eigenvalue weighted by molar-refractivity contribution is 5.98. The molecular formula is C16H17N3O2. The van der Waals surface area contributed by atoms with Gasteiger partial charge in [-0.3, -0.25) is 14.5 Å². The number of ketones is 1. The standard InChI is InChI=1S/C16H17N3O2/c1-3-8-19-16-12-6-7-17-9-11(12)4-5-13(16)15(18-19)14(20)10-21-2/h3,6-7,9H,1,4-5,8,10H2,2H3. The zero-order valence-electron chi connectivity index (χ0n) is 12.0. The van der Waals surface area contributed by atoms with E-state index in [9.17, 15) is 4.79 Å². The number of pyridine rings is 1. The number of methoxy groups -OCH3 is 1. The van der Waals surface area contributed by atoms with Crippen molar-refractivity contribution in [2.75, 3.05) is 13.7 Å². The minimum Gasteiger partial charge on any atom is -0.376 e. The summed E-state index contributed by atoms with van der Waals surface area (Å²) < 4.78 is 6.81. The van der Waals surface area contributed by atoms with Crippen molar-refractivity contribution in [3.63, 3.8) is 0 Å². The fourth-order valence-corrected chi connectivity index (χ4v) is 2.83. The van der Waals surface area contributed by atoms with Crippen LogP contribution >= 0.6 is 0 Å². The summed E-state index contributed by atoms with van der Waals surface area (Å²) in [6.07, 6.45) is 7.13. The van der Waals surface area contributed by atoms with Crippen LogP contribution in [0.2, 0.25) is 0 Å². The van der Waals surface area contributed by atoms with Gasteiger partial charge in [0.05, 0.1) is 12.2 Å². The quantitative estimate of drug-likeness (QED) is 0.622. The van der Waals surface area contributed by atoms with Crippen LogP contribution in [0.25, 0.3) is 11.3 Å². The molecule has 0 aromatic carbocycles. The molecule has 0 N–H and O–H groups in total. The second-order valence-corrected chi connectivity index (χ2v) is 5.04. The Morgan fingerprint density at radius 1 is 1.52 bits per heavy atom. The van der Waals surface area contributed by atoms with Crippen molar-refractivity contribution in [2.24, 2.45) is 0 Å². The normalized spacial score (nSPS) is 12.6. The summed E-state index contributed by atoms with van der Waals surface area (Å²) >= 11 is 0. The van der Waals surface area contributed by atoms with Crippen LogP contribution in [0.3, 0.4) is 0 Å². The van der Waals surface area contributed by atoms with Crippen molar-refractivity contribution in [2.45, 2.75) is 19.4 Å². The minimum absolute atomic E-state index is 0.0563. The van der Waals surface area contributed by atoms with Gasteiger partial charge in [-0.25, -0.2) is 0 Å². The average molecular weight is 283 g/mol. The van der Waals surface area contributed by atoms with E-state index in [2.05, 4.69) is 16.7 Å². The first-order chi connectivity index (χ1) is 10.3. The first-order valence-electron chi connectivity index (χ1n) is 6.92. The molecule has 5 heteroatoms. The average Bonchev–Trinajstić information content (AvgIpc) is 2.87. The molecule has 21 heavy (non-hydrogen) atoms. The molecule has 0 atom stereocenters. The van der Waals surface area contributed by atoms with Gasteiger partial charge in [0.2, 0.25) is 5.78 Å². The number of fused-ring (bicyclic) bond motifs is 3. The van der Waals surface area contributed by atoms with Gasteiger partial charge in [0, 0.05) is 30.6 Å². The fourth-order valence-electron chi connectivity index (χ4n) is 2.83. The van der Waals surface area contributed by atoms with Crippen LogP contribution in [0, 0.1) is 0 Å². The van der Waals surface area contributed by atoms with Crippen LogP contribution in [0.5, 0.6) is 0 Å². The van der Waals surface area contributed by atoms with Gasteiger partial charge in [-0.15, -0.1) is 6.58 Å². The van der Waals surface area contributed by atoms with E-state index in [0.717, 1.165) is 29.7 Å². The molecule has 2 heterocycles. The number of aryl methyl sites for hydroxylation is 1. The highest BCUT2D eigenvalue weighted by Gasteiger charge is 2.27. The molecule has 0 saturated carbocycles. The molecule has 2 aromatic heterocycles. The first-order valence-corrected chi connectivity index (χ1v) is 6.92. The Kier molecular flexibility index (Phi) is 3.66. The number of carbonyl (C=O) groups excluding carboxylic acids is 1. The first kappa shape index (κ1) is 13.7. The zero-order valence-corrected chi connectivity index (χ0v) is 12.0. The van der Waals surface area contributed by atoms with Crippen molar-refractivity contribution in [3.8, 4) is 11.3 Å². The molecule has 3 rings (SSSR count). The lowest BCUT2D eigenvalue weighted by atomic mass is 9.89. The Bertz CT molecular complexity index is 704. The van der Waals surface area contributed by atoms with Crippen molar-refractivity contribution in [1.29, 1.82) is 0 Å². The summed E-state index contributed by atoms with van der Waals surface area (Å²) in [4.78, 5) is 16.4. The molecule has 0 radical (unpaired) electrons. The smallest absolute Gasteiger partial charge is 0.208 e. The molecule has 0 spiro atoms. The molecule has 0 saturated heterocycles. The van der Waals surface area contributed by atoms with E-state index in [4.69, 9.17) is 4.74 Å². The number of rotatable bonds is 5. The summed E-state index contributed by atoms with van der Waals surface area (Å²) in [7, 11) is 1.52. The number of hydrogen-bond donors (Lipinski definition) is 0. The summed E-state index contributed by atoms with van der Waals surface area (Å²) in [5.41, 5.74) is 4.85. The lowest BCUT2D eigenvalue weighted by Crippen LogP contribution is -2.12. The third-order valence-electron chi connectivity index (χ3n) is 3.70. The Hall–Kier alpha value is -2.27. The Morgan fingerprint density at radius 3 is 3.14 bits per heavy atom. The molecular weight excluding hydrogens is 266 g/mol. The maximum atomic E-state index is 12.2. The predicted molar refractivity (Wildman–Crippen MR) is 79.3 cm³/mol. The van der Waals surface area contributed by atoms with Crippen LogP contribution in [-0.4, -0.2) is 34.3 Å². The van der Waals surface area contributed by atoms with Crippen LogP contribution in [0.4, 0.5) is 0 Å². The highest BCUT2D eigenvalue weighted by Crippen LogP contribution is 2.35. The molecule has 1 aliphatic rings. The molecule has 0 amide bonds. The van der Waals surface area contributed by atoms with Crippen LogP contribution in [0.15, 0.2) is 31.1 Å². The minimum atomic E-state index is -0.0749. The van der Waals surface area contributed by atoms with Gasteiger partial charge in [0.1, 0.15) is 12.3 Å². The Labute approximate surface area is 123 Å². The van der Waals surface area contributed by atoms with Gasteiger partial charge in [-0.2, -0.15) is 5.10 Å². The van der Waals surface area contributed by atoms with Crippen molar-refractivity contribution in [1.82, 2.24) is 14.8 Å². The zero-order chi connectivity index (χ0) is 14.8. The van der Waals surface area contributed by atoms with E-state index in [-0.39, 0.29) is 12.4 Å². The summed E-state index contributed by atoms with van der Waals surface area (Å²) in [5, 5.41) is 4.49. The Balaban J connectivity index is 2.17. The van der Waals surface area contributed by atoms with Gasteiger partial charge < -0.3 is 4.74 Å². The second kappa shape index (κ2) is 5.61. The third kappa shape index (κ3) is 2.29. The molecule has 108 valence electrons. The molecule has 0 unspecified atom stereocenters. The molecule has 5 nitrogen and oxygen atoms in total. The monoisotopic (exact) mass is 283 g/mol. The number of ether oxygens (including phenoxy) is 1. The van der Waals surface area contributed by atoms with E-state index in [1.165, 1.54) is 12.7 Å².